The number of hydrogen-bond acceptors (Lipinski definition) is 1. The highest BCUT2D eigenvalue weighted by molar-refractivity contribution is 5.66. The fourth-order valence-corrected chi connectivity index (χ4v) is 0.959. The van der Waals surface area contributed by atoms with E-state index in [0.717, 1.165) is 12.8 Å². The van der Waals surface area contributed by atoms with Crippen molar-refractivity contribution < 1.29 is 9.90 Å². The largest absolute Gasteiger partial charge is 0.481 e. The Morgan fingerprint density at radius 1 is 1.23 bits per heavy atom. The summed E-state index contributed by atoms with van der Waals surface area (Å²) in [6.07, 6.45) is 7.12. The molecule has 0 aromatic heterocycles. The first kappa shape index (κ1) is 12.2. The topological polar surface area (TPSA) is 37.3 Å². The molecule has 2 heteroatoms. The number of rotatable bonds is 5. The monoisotopic (exact) mass is 184 g/mol. The number of allylic oxidation sites excluding steroid dienone is 2. The third-order valence-corrected chi connectivity index (χ3v) is 1.75. The third kappa shape index (κ3) is 11.2. The summed E-state index contributed by atoms with van der Waals surface area (Å²) in [6.45, 7) is 6.62. The Labute approximate surface area is 80.7 Å². The van der Waals surface area contributed by atoms with E-state index < -0.39 is 5.97 Å². The van der Waals surface area contributed by atoms with E-state index in [1.807, 2.05) is 6.08 Å². The van der Waals surface area contributed by atoms with Crippen molar-refractivity contribution in [2.24, 2.45) is 5.41 Å². The predicted octanol–water partition coefficient (Wildman–Crippen LogP) is 3.23. The molecule has 0 aliphatic rings. The molecular formula is C11H20O2. The Hall–Kier alpha value is -0.790. The van der Waals surface area contributed by atoms with Crippen molar-refractivity contribution in [3.05, 3.63) is 12.2 Å². The standard InChI is InChI=1S/C11H20O2/c1-11(2,3)9-7-5-4-6-8-10(12)13/h4-5H,6-9H2,1-3H3,(H,12,13)/b5-4+. The van der Waals surface area contributed by atoms with Gasteiger partial charge < -0.3 is 5.11 Å². The number of carboxylic acids is 1. The lowest BCUT2D eigenvalue weighted by atomic mass is 9.90. The number of carbonyl (C=O) groups is 1. The molecule has 0 aliphatic heterocycles. The second-order valence-electron chi connectivity index (χ2n) is 4.50. The van der Waals surface area contributed by atoms with Gasteiger partial charge in [0.05, 0.1) is 0 Å². The van der Waals surface area contributed by atoms with E-state index in [0.29, 0.717) is 11.8 Å². The first-order chi connectivity index (χ1) is 5.92. The molecule has 0 amide bonds. The van der Waals surface area contributed by atoms with Gasteiger partial charge in [0.15, 0.2) is 0 Å². The molecule has 0 atom stereocenters. The molecule has 13 heavy (non-hydrogen) atoms. The highest BCUT2D eigenvalue weighted by atomic mass is 16.4. The van der Waals surface area contributed by atoms with Crippen LogP contribution in [0.4, 0.5) is 0 Å². The average Bonchev–Trinajstić information content (AvgIpc) is 1.93. The van der Waals surface area contributed by atoms with Crippen LogP contribution < -0.4 is 0 Å². The van der Waals surface area contributed by atoms with E-state index in [9.17, 15) is 4.79 Å². The van der Waals surface area contributed by atoms with Crippen LogP contribution in [0.15, 0.2) is 12.2 Å². The van der Waals surface area contributed by atoms with Gasteiger partial charge in [0, 0.05) is 6.42 Å². The van der Waals surface area contributed by atoms with E-state index in [1.165, 1.54) is 0 Å². The predicted molar refractivity (Wildman–Crippen MR) is 54.7 cm³/mol. The summed E-state index contributed by atoms with van der Waals surface area (Å²) >= 11 is 0. The van der Waals surface area contributed by atoms with Gasteiger partial charge in [0.25, 0.3) is 0 Å². The number of aliphatic carboxylic acids is 1. The van der Waals surface area contributed by atoms with Gasteiger partial charge >= 0.3 is 5.97 Å². The lowest BCUT2D eigenvalue weighted by Crippen LogP contribution is -2.02. The normalized spacial score (nSPS) is 12.2. The Morgan fingerprint density at radius 3 is 2.23 bits per heavy atom. The molecule has 0 heterocycles. The first-order valence-corrected chi connectivity index (χ1v) is 4.78. The Kier molecular flexibility index (Phi) is 5.44. The van der Waals surface area contributed by atoms with Gasteiger partial charge in [-0.25, -0.2) is 0 Å². The van der Waals surface area contributed by atoms with Gasteiger partial charge in [-0.1, -0.05) is 32.9 Å². The van der Waals surface area contributed by atoms with Crippen molar-refractivity contribution in [2.45, 2.75) is 46.5 Å². The van der Waals surface area contributed by atoms with Crippen molar-refractivity contribution in [3.8, 4) is 0 Å². The van der Waals surface area contributed by atoms with Crippen LogP contribution in [-0.4, -0.2) is 11.1 Å². The molecule has 0 rings (SSSR count). The minimum absolute atomic E-state index is 0.242. The van der Waals surface area contributed by atoms with Crippen molar-refractivity contribution >= 4 is 5.97 Å². The van der Waals surface area contributed by atoms with E-state index in [-0.39, 0.29) is 6.42 Å². The van der Waals surface area contributed by atoms with Crippen LogP contribution in [0.5, 0.6) is 0 Å². The van der Waals surface area contributed by atoms with E-state index in [1.54, 1.807) is 0 Å². The summed E-state index contributed by atoms with van der Waals surface area (Å²) in [7, 11) is 0. The summed E-state index contributed by atoms with van der Waals surface area (Å²) in [5.41, 5.74) is 0.372. The molecule has 0 bridgehead atoms. The van der Waals surface area contributed by atoms with Crippen LogP contribution in [0, 0.1) is 5.41 Å². The zero-order valence-electron chi connectivity index (χ0n) is 8.84. The summed E-state index contributed by atoms with van der Waals surface area (Å²) in [4.78, 5) is 10.2. The molecule has 0 saturated heterocycles. The van der Waals surface area contributed by atoms with Gasteiger partial charge in [-0.05, 0) is 24.7 Å². The zero-order valence-corrected chi connectivity index (χ0v) is 8.84. The fraction of sp³-hybridized carbons (Fsp3) is 0.727. The lowest BCUT2D eigenvalue weighted by Gasteiger charge is -2.15. The molecule has 0 unspecified atom stereocenters. The summed E-state index contributed by atoms with van der Waals surface area (Å²) < 4.78 is 0. The zero-order chi connectivity index (χ0) is 10.3. The van der Waals surface area contributed by atoms with Crippen LogP contribution in [0.2, 0.25) is 0 Å². The Balaban J connectivity index is 3.38. The van der Waals surface area contributed by atoms with E-state index in [2.05, 4.69) is 26.8 Å². The molecule has 0 saturated carbocycles. The van der Waals surface area contributed by atoms with E-state index in [4.69, 9.17) is 5.11 Å². The molecule has 0 aromatic carbocycles. The molecule has 2 nitrogen and oxygen atoms in total. The highest BCUT2D eigenvalue weighted by Gasteiger charge is 2.07. The first-order valence-electron chi connectivity index (χ1n) is 4.78. The van der Waals surface area contributed by atoms with Gasteiger partial charge in [0.1, 0.15) is 0 Å². The molecule has 0 aliphatic carbocycles. The highest BCUT2D eigenvalue weighted by Crippen LogP contribution is 2.20. The second-order valence-corrected chi connectivity index (χ2v) is 4.50. The van der Waals surface area contributed by atoms with Crippen molar-refractivity contribution in [1.29, 1.82) is 0 Å². The molecule has 0 spiro atoms. The van der Waals surface area contributed by atoms with Gasteiger partial charge in [-0.15, -0.1) is 0 Å². The van der Waals surface area contributed by atoms with Crippen LogP contribution in [0.3, 0.4) is 0 Å². The van der Waals surface area contributed by atoms with Gasteiger partial charge in [-0.2, -0.15) is 0 Å². The van der Waals surface area contributed by atoms with Crippen LogP contribution in [0.25, 0.3) is 0 Å². The quantitative estimate of drug-likeness (QED) is 0.666. The molecule has 0 radical (unpaired) electrons. The van der Waals surface area contributed by atoms with Crippen molar-refractivity contribution in [2.75, 3.05) is 0 Å². The number of carboxylic acid groups (broad SMARTS) is 1. The molecule has 0 aromatic rings. The minimum Gasteiger partial charge on any atom is -0.481 e. The average molecular weight is 184 g/mol. The lowest BCUT2D eigenvalue weighted by molar-refractivity contribution is -0.136. The van der Waals surface area contributed by atoms with Crippen LogP contribution >= 0.6 is 0 Å². The van der Waals surface area contributed by atoms with Gasteiger partial charge in [0.2, 0.25) is 0 Å². The van der Waals surface area contributed by atoms with E-state index >= 15 is 0 Å². The molecular weight excluding hydrogens is 164 g/mol. The van der Waals surface area contributed by atoms with Crippen LogP contribution in [-0.2, 0) is 4.79 Å². The second kappa shape index (κ2) is 5.79. The Bertz CT molecular complexity index is 175. The van der Waals surface area contributed by atoms with Crippen molar-refractivity contribution in [1.82, 2.24) is 0 Å². The maximum absolute atomic E-state index is 10.2. The van der Waals surface area contributed by atoms with Crippen LogP contribution in [0.1, 0.15) is 46.5 Å². The fourth-order valence-electron chi connectivity index (χ4n) is 0.959. The maximum atomic E-state index is 10.2. The minimum atomic E-state index is -0.722. The Morgan fingerprint density at radius 2 is 1.77 bits per heavy atom. The SMILES string of the molecule is CC(C)(C)CC/C=C/CCC(=O)O. The molecule has 1 N–H and O–H groups in total. The summed E-state index contributed by atoms with van der Waals surface area (Å²) in [5.74, 6) is -0.722. The van der Waals surface area contributed by atoms with Crippen molar-refractivity contribution in [3.63, 3.8) is 0 Å². The maximum Gasteiger partial charge on any atom is 0.303 e. The molecule has 76 valence electrons. The summed E-state index contributed by atoms with van der Waals surface area (Å²) in [6, 6.07) is 0. The smallest absolute Gasteiger partial charge is 0.303 e. The third-order valence-electron chi connectivity index (χ3n) is 1.75. The van der Waals surface area contributed by atoms with Gasteiger partial charge in [-0.3, -0.25) is 4.79 Å². The summed E-state index contributed by atoms with van der Waals surface area (Å²) in [5, 5.41) is 8.37. The number of hydrogen-bond donors (Lipinski definition) is 1. The molecule has 0 fully saturated rings.